The van der Waals surface area contributed by atoms with E-state index in [1.807, 2.05) is 0 Å². The minimum atomic E-state index is -0.376. The van der Waals surface area contributed by atoms with Crippen molar-refractivity contribution in [1.29, 1.82) is 0 Å². The van der Waals surface area contributed by atoms with Crippen molar-refractivity contribution in [1.82, 2.24) is 4.98 Å². The summed E-state index contributed by atoms with van der Waals surface area (Å²) in [6.07, 6.45) is 2.60. The molecule has 0 amide bonds. The van der Waals surface area contributed by atoms with Crippen LogP contribution in [0.25, 0.3) is 0 Å². The minimum Gasteiger partial charge on any atom is -0.448 e. The van der Waals surface area contributed by atoms with E-state index >= 15 is 0 Å². The molecule has 1 unspecified atom stereocenters. The fourth-order valence-corrected chi connectivity index (χ4v) is 1.14. The van der Waals surface area contributed by atoms with Gasteiger partial charge in [-0.15, -0.1) is 0 Å². The topological polar surface area (TPSA) is 46.3 Å². The van der Waals surface area contributed by atoms with Gasteiger partial charge in [0.25, 0.3) is 0 Å². The molecular formula is C6H7NO2. The minimum absolute atomic E-state index is 0.376. The van der Waals surface area contributed by atoms with Gasteiger partial charge in [0.1, 0.15) is 11.5 Å². The molecule has 3 heteroatoms. The maximum Gasteiger partial charge on any atom is 0.181 e. The van der Waals surface area contributed by atoms with Crippen molar-refractivity contribution >= 4 is 0 Å². The second kappa shape index (κ2) is 1.57. The Morgan fingerprint density at radius 3 is 3.44 bits per heavy atom. The van der Waals surface area contributed by atoms with E-state index in [4.69, 9.17) is 9.52 Å². The number of oxazole rings is 1. The number of aromatic nitrogens is 1. The number of fused-ring (bicyclic) bond motifs is 1. The van der Waals surface area contributed by atoms with Gasteiger partial charge in [-0.2, -0.15) is 0 Å². The number of aryl methyl sites for hydroxylation is 1. The summed E-state index contributed by atoms with van der Waals surface area (Å²) in [5.74, 6) is 0.850. The van der Waals surface area contributed by atoms with Crippen LogP contribution >= 0.6 is 0 Å². The first-order valence-electron chi connectivity index (χ1n) is 2.98. The Balaban J connectivity index is 2.49. The summed E-state index contributed by atoms with van der Waals surface area (Å²) in [5.41, 5.74) is 0.731. The van der Waals surface area contributed by atoms with E-state index in [1.165, 1.54) is 6.39 Å². The van der Waals surface area contributed by atoms with Gasteiger partial charge in [-0.05, 0) is 6.42 Å². The average molecular weight is 125 g/mol. The van der Waals surface area contributed by atoms with Gasteiger partial charge in [-0.3, -0.25) is 0 Å². The molecule has 1 aromatic heterocycles. The van der Waals surface area contributed by atoms with E-state index < -0.39 is 0 Å². The lowest BCUT2D eigenvalue weighted by molar-refractivity contribution is 0.176. The molecule has 0 spiro atoms. The Kier molecular flexibility index (Phi) is 0.873. The molecule has 1 aliphatic rings. The molecule has 0 aromatic carbocycles. The first kappa shape index (κ1) is 4.99. The van der Waals surface area contributed by atoms with Crippen LogP contribution in [0.5, 0.6) is 0 Å². The normalized spacial score (nSPS) is 24.3. The second-order valence-electron chi connectivity index (χ2n) is 2.22. The Bertz CT molecular complexity index is 219. The largest absolute Gasteiger partial charge is 0.448 e. The van der Waals surface area contributed by atoms with E-state index in [-0.39, 0.29) is 6.10 Å². The van der Waals surface area contributed by atoms with Crippen LogP contribution in [0.1, 0.15) is 24.0 Å². The van der Waals surface area contributed by atoms with Gasteiger partial charge in [0.05, 0.1) is 6.10 Å². The van der Waals surface area contributed by atoms with Crippen LogP contribution in [0.4, 0.5) is 0 Å². The zero-order valence-corrected chi connectivity index (χ0v) is 4.87. The van der Waals surface area contributed by atoms with Gasteiger partial charge in [-0.25, -0.2) is 4.98 Å². The molecule has 0 saturated carbocycles. The zero-order chi connectivity index (χ0) is 6.27. The van der Waals surface area contributed by atoms with Crippen LogP contribution < -0.4 is 0 Å². The maximum absolute atomic E-state index is 9.15. The molecule has 1 N–H and O–H groups in total. The Hall–Kier alpha value is -0.830. The molecule has 1 aromatic rings. The second-order valence-corrected chi connectivity index (χ2v) is 2.22. The van der Waals surface area contributed by atoms with Gasteiger partial charge < -0.3 is 9.52 Å². The molecule has 1 aliphatic carbocycles. The lowest BCUT2D eigenvalue weighted by Crippen LogP contribution is -1.89. The third-order valence-corrected chi connectivity index (χ3v) is 1.63. The summed E-state index contributed by atoms with van der Waals surface area (Å²) in [7, 11) is 0. The molecule has 3 nitrogen and oxygen atoms in total. The van der Waals surface area contributed by atoms with Crippen molar-refractivity contribution in [2.75, 3.05) is 0 Å². The molecule has 48 valence electrons. The average Bonchev–Trinajstić information content (AvgIpc) is 2.35. The highest BCUT2D eigenvalue weighted by Crippen LogP contribution is 2.28. The third-order valence-electron chi connectivity index (χ3n) is 1.63. The number of hydrogen-bond donors (Lipinski definition) is 1. The molecule has 2 rings (SSSR count). The number of hydrogen-bond acceptors (Lipinski definition) is 3. The van der Waals surface area contributed by atoms with Crippen molar-refractivity contribution in [3.8, 4) is 0 Å². The Morgan fingerprint density at radius 1 is 1.78 bits per heavy atom. The SMILES string of the molecule is OC1CCc2ocnc21. The van der Waals surface area contributed by atoms with E-state index in [0.717, 1.165) is 24.3 Å². The molecule has 0 radical (unpaired) electrons. The van der Waals surface area contributed by atoms with Crippen molar-refractivity contribution in [3.05, 3.63) is 17.8 Å². The first-order chi connectivity index (χ1) is 4.38. The van der Waals surface area contributed by atoms with E-state index in [9.17, 15) is 0 Å². The highest BCUT2D eigenvalue weighted by Gasteiger charge is 2.24. The van der Waals surface area contributed by atoms with Crippen LogP contribution in [-0.2, 0) is 6.42 Å². The molecule has 0 saturated heterocycles. The van der Waals surface area contributed by atoms with E-state index in [2.05, 4.69) is 4.98 Å². The molecule has 0 aliphatic heterocycles. The molecule has 0 bridgehead atoms. The first-order valence-corrected chi connectivity index (χ1v) is 2.98. The van der Waals surface area contributed by atoms with Crippen molar-refractivity contribution < 1.29 is 9.52 Å². The summed E-state index contributed by atoms with van der Waals surface area (Å²) in [6.45, 7) is 0. The standard InChI is InChI=1S/C6H7NO2/c8-4-1-2-5-6(4)7-3-9-5/h3-4,8H,1-2H2. The number of aliphatic hydroxyl groups is 1. The van der Waals surface area contributed by atoms with Crippen LogP contribution in [0, 0.1) is 0 Å². The van der Waals surface area contributed by atoms with Crippen LogP contribution in [-0.4, -0.2) is 10.1 Å². The predicted octanol–water partition coefficient (Wildman–Crippen LogP) is 0.654. The summed E-state index contributed by atoms with van der Waals surface area (Å²) < 4.78 is 4.98. The highest BCUT2D eigenvalue weighted by molar-refractivity contribution is 5.16. The summed E-state index contributed by atoms with van der Waals surface area (Å²) in [6, 6.07) is 0. The van der Waals surface area contributed by atoms with Gasteiger partial charge in [0, 0.05) is 6.42 Å². The highest BCUT2D eigenvalue weighted by atomic mass is 16.3. The summed E-state index contributed by atoms with van der Waals surface area (Å²) in [4.78, 5) is 3.86. The van der Waals surface area contributed by atoms with Crippen LogP contribution in [0.2, 0.25) is 0 Å². The third kappa shape index (κ3) is 0.580. The van der Waals surface area contributed by atoms with Gasteiger partial charge >= 0.3 is 0 Å². The molecule has 1 heterocycles. The van der Waals surface area contributed by atoms with Gasteiger partial charge in [-0.1, -0.05) is 0 Å². The Labute approximate surface area is 52.3 Å². The van der Waals surface area contributed by atoms with Crippen molar-refractivity contribution in [2.24, 2.45) is 0 Å². The monoisotopic (exact) mass is 125 g/mol. The van der Waals surface area contributed by atoms with Crippen LogP contribution in [0.3, 0.4) is 0 Å². The van der Waals surface area contributed by atoms with E-state index in [0.29, 0.717) is 0 Å². The number of rotatable bonds is 0. The molecule has 0 fully saturated rings. The number of nitrogens with zero attached hydrogens (tertiary/aromatic N) is 1. The maximum atomic E-state index is 9.15. The van der Waals surface area contributed by atoms with Gasteiger partial charge in [0.15, 0.2) is 6.39 Å². The van der Waals surface area contributed by atoms with Crippen molar-refractivity contribution in [2.45, 2.75) is 18.9 Å². The lowest BCUT2D eigenvalue weighted by Gasteiger charge is -1.93. The lowest BCUT2D eigenvalue weighted by atomic mass is 10.3. The zero-order valence-electron chi connectivity index (χ0n) is 4.87. The summed E-state index contributed by atoms with van der Waals surface area (Å²) >= 11 is 0. The quantitative estimate of drug-likeness (QED) is 0.553. The Morgan fingerprint density at radius 2 is 2.67 bits per heavy atom. The summed E-state index contributed by atoms with van der Waals surface area (Å²) in [5, 5.41) is 9.15. The number of aliphatic hydroxyl groups excluding tert-OH is 1. The fourth-order valence-electron chi connectivity index (χ4n) is 1.14. The fraction of sp³-hybridized carbons (Fsp3) is 0.500. The van der Waals surface area contributed by atoms with Crippen molar-refractivity contribution in [3.63, 3.8) is 0 Å². The molecule has 9 heavy (non-hydrogen) atoms. The molecule has 1 atom stereocenters. The van der Waals surface area contributed by atoms with Crippen LogP contribution in [0.15, 0.2) is 10.8 Å². The smallest absolute Gasteiger partial charge is 0.181 e. The predicted molar refractivity (Wildman–Crippen MR) is 29.8 cm³/mol. The van der Waals surface area contributed by atoms with Gasteiger partial charge in [0.2, 0.25) is 0 Å². The molecular weight excluding hydrogens is 118 g/mol. The van der Waals surface area contributed by atoms with E-state index in [1.54, 1.807) is 0 Å².